The van der Waals surface area contributed by atoms with Gasteiger partial charge in [-0.2, -0.15) is 0 Å². The lowest BCUT2D eigenvalue weighted by Crippen LogP contribution is -2.38. The predicted octanol–water partition coefficient (Wildman–Crippen LogP) is 1.81. The first kappa shape index (κ1) is 20.9. The molecule has 2 aromatic rings. The summed E-state index contributed by atoms with van der Waals surface area (Å²) in [6.45, 7) is 1.29. The molecule has 0 aliphatic carbocycles. The van der Waals surface area contributed by atoms with Crippen LogP contribution in [0.15, 0.2) is 48.5 Å². The summed E-state index contributed by atoms with van der Waals surface area (Å²) in [6.07, 6.45) is -1.02. The highest BCUT2D eigenvalue weighted by atomic mass is 19.1. The van der Waals surface area contributed by atoms with Crippen LogP contribution in [-0.4, -0.2) is 37.5 Å². The van der Waals surface area contributed by atoms with Crippen molar-refractivity contribution in [2.75, 3.05) is 13.7 Å². The van der Waals surface area contributed by atoms with Crippen LogP contribution in [0, 0.1) is 5.82 Å². The maximum Gasteiger partial charge on any atom is 0.326 e. The van der Waals surface area contributed by atoms with E-state index < -0.39 is 36.2 Å². The number of ether oxygens (including phenoxy) is 2. The molecule has 0 radical (unpaired) electrons. The summed E-state index contributed by atoms with van der Waals surface area (Å²) in [7, 11) is 1.56. The predicted molar refractivity (Wildman–Crippen MR) is 99.1 cm³/mol. The van der Waals surface area contributed by atoms with Crippen molar-refractivity contribution in [3.05, 3.63) is 65.5 Å². The lowest BCUT2D eigenvalue weighted by molar-refractivity contribution is -0.153. The molecule has 0 aliphatic heterocycles. The molecule has 0 heterocycles. The van der Waals surface area contributed by atoms with E-state index in [-0.39, 0.29) is 12.1 Å². The third-order valence-corrected chi connectivity index (χ3v) is 3.80. The van der Waals surface area contributed by atoms with Crippen molar-refractivity contribution < 1.29 is 28.2 Å². The number of methoxy groups -OCH3 is 1. The molecule has 148 valence electrons. The molecule has 7 nitrogen and oxygen atoms in total. The number of benzene rings is 2. The van der Waals surface area contributed by atoms with Crippen molar-refractivity contribution in [2.45, 2.75) is 19.6 Å². The molecule has 2 rings (SSSR count). The van der Waals surface area contributed by atoms with E-state index in [2.05, 4.69) is 10.6 Å². The zero-order valence-electron chi connectivity index (χ0n) is 15.5. The van der Waals surface area contributed by atoms with Gasteiger partial charge in [-0.1, -0.05) is 12.1 Å². The number of esters is 1. The molecule has 2 amide bonds. The lowest BCUT2D eigenvalue weighted by atomic mass is 10.2. The summed E-state index contributed by atoms with van der Waals surface area (Å²) < 4.78 is 22.9. The minimum atomic E-state index is -1.02. The zero-order valence-corrected chi connectivity index (χ0v) is 15.5. The fourth-order valence-corrected chi connectivity index (χ4v) is 2.22. The van der Waals surface area contributed by atoms with Crippen LogP contribution in [0.1, 0.15) is 22.8 Å². The average Bonchev–Trinajstić information content (AvgIpc) is 2.71. The Kier molecular flexibility index (Phi) is 7.50. The number of rotatable bonds is 8. The number of hydrogen-bond donors (Lipinski definition) is 2. The third-order valence-electron chi connectivity index (χ3n) is 3.80. The molecule has 0 saturated carbocycles. The van der Waals surface area contributed by atoms with Gasteiger partial charge in [0.2, 0.25) is 0 Å². The van der Waals surface area contributed by atoms with Crippen LogP contribution in [0.25, 0.3) is 0 Å². The smallest absolute Gasteiger partial charge is 0.326 e. The van der Waals surface area contributed by atoms with Gasteiger partial charge in [0.1, 0.15) is 18.1 Å². The highest BCUT2D eigenvalue weighted by Crippen LogP contribution is 2.11. The molecule has 8 heteroatoms. The Hall–Kier alpha value is -3.42. The van der Waals surface area contributed by atoms with Crippen molar-refractivity contribution in [3.8, 4) is 5.75 Å². The summed E-state index contributed by atoms with van der Waals surface area (Å²) in [6, 6.07) is 12.0. The topological polar surface area (TPSA) is 93.7 Å². The summed E-state index contributed by atoms with van der Waals surface area (Å²) in [5.74, 6) is -1.53. The number of amides is 2. The second-order valence-electron chi connectivity index (χ2n) is 5.89. The van der Waals surface area contributed by atoms with E-state index in [1.807, 2.05) is 0 Å². The molecular formula is C20H21FN2O5. The Balaban J connectivity index is 1.73. The second kappa shape index (κ2) is 10.1. The van der Waals surface area contributed by atoms with Crippen LogP contribution in [-0.2, 0) is 20.9 Å². The standard InChI is InChI=1S/C20H21FN2O5/c1-13(19(25)22-11-14-3-9-17(27-2)10-4-14)28-18(24)12-23-20(26)15-5-7-16(21)8-6-15/h3-10,13H,11-12H2,1-2H3,(H,22,25)(H,23,26)/t13-/m1/s1. The number of carbonyl (C=O) groups excluding carboxylic acids is 3. The van der Waals surface area contributed by atoms with Gasteiger partial charge in [-0.25, -0.2) is 4.39 Å². The monoisotopic (exact) mass is 388 g/mol. The largest absolute Gasteiger partial charge is 0.497 e. The molecule has 0 aliphatic rings. The first-order valence-electron chi connectivity index (χ1n) is 8.53. The zero-order chi connectivity index (χ0) is 20.5. The Morgan fingerprint density at radius 2 is 1.64 bits per heavy atom. The molecule has 0 fully saturated rings. The molecule has 2 N–H and O–H groups in total. The van der Waals surface area contributed by atoms with Gasteiger partial charge >= 0.3 is 5.97 Å². The molecule has 0 spiro atoms. The summed E-state index contributed by atoms with van der Waals surface area (Å²) in [5.41, 5.74) is 1.07. The Morgan fingerprint density at radius 3 is 2.25 bits per heavy atom. The van der Waals surface area contributed by atoms with Gasteiger partial charge in [-0.05, 0) is 48.9 Å². The van der Waals surface area contributed by atoms with Crippen molar-refractivity contribution in [2.24, 2.45) is 0 Å². The molecule has 28 heavy (non-hydrogen) atoms. The quantitative estimate of drug-likeness (QED) is 0.673. The van der Waals surface area contributed by atoms with Gasteiger partial charge in [-0.3, -0.25) is 14.4 Å². The summed E-state index contributed by atoms with van der Waals surface area (Å²) in [5, 5.41) is 5.01. The van der Waals surface area contributed by atoms with Crippen LogP contribution < -0.4 is 15.4 Å². The fraction of sp³-hybridized carbons (Fsp3) is 0.250. The lowest BCUT2D eigenvalue weighted by Gasteiger charge is -2.14. The van der Waals surface area contributed by atoms with Gasteiger partial charge in [-0.15, -0.1) is 0 Å². The van der Waals surface area contributed by atoms with Gasteiger partial charge in [0, 0.05) is 12.1 Å². The fourth-order valence-electron chi connectivity index (χ4n) is 2.22. The highest BCUT2D eigenvalue weighted by molar-refractivity contribution is 5.96. The number of halogens is 1. The molecule has 0 unspecified atom stereocenters. The molecule has 0 bridgehead atoms. The van der Waals surface area contributed by atoms with Crippen molar-refractivity contribution in [1.82, 2.24) is 10.6 Å². The van der Waals surface area contributed by atoms with E-state index in [0.717, 1.165) is 17.7 Å². The molecule has 0 aromatic heterocycles. The Bertz CT molecular complexity index is 821. The first-order valence-corrected chi connectivity index (χ1v) is 8.53. The van der Waals surface area contributed by atoms with Gasteiger partial charge in [0.25, 0.3) is 11.8 Å². The van der Waals surface area contributed by atoms with E-state index in [9.17, 15) is 18.8 Å². The summed E-state index contributed by atoms with van der Waals surface area (Å²) >= 11 is 0. The van der Waals surface area contributed by atoms with E-state index >= 15 is 0 Å². The number of carbonyl (C=O) groups is 3. The minimum Gasteiger partial charge on any atom is -0.497 e. The Morgan fingerprint density at radius 1 is 1.00 bits per heavy atom. The van der Waals surface area contributed by atoms with Crippen molar-refractivity contribution >= 4 is 17.8 Å². The van der Waals surface area contributed by atoms with Crippen LogP contribution >= 0.6 is 0 Å². The van der Waals surface area contributed by atoms with Gasteiger partial charge in [0.15, 0.2) is 6.10 Å². The van der Waals surface area contributed by atoms with E-state index in [4.69, 9.17) is 9.47 Å². The highest BCUT2D eigenvalue weighted by Gasteiger charge is 2.18. The van der Waals surface area contributed by atoms with Crippen molar-refractivity contribution in [3.63, 3.8) is 0 Å². The normalized spacial score (nSPS) is 11.2. The van der Waals surface area contributed by atoms with Crippen LogP contribution in [0.2, 0.25) is 0 Å². The van der Waals surface area contributed by atoms with E-state index in [0.29, 0.717) is 5.75 Å². The first-order chi connectivity index (χ1) is 13.4. The van der Waals surface area contributed by atoms with E-state index in [1.165, 1.54) is 19.1 Å². The third kappa shape index (κ3) is 6.39. The second-order valence-corrected chi connectivity index (χ2v) is 5.89. The SMILES string of the molecule is COc1ccc(CNC(=O)[C@@H](C)OC(=O)CNC(=O)c2ccc(F)cc2)cc1. The minimum absolute atomic E-state index is 0.208. The van der Waals surface area contributed by atoms with Gasteiger partial charge in [0.05, 0.1) is 7.11 Å². The average molecular weight is 388 g/mol. The molecule has 1 atom stereocenters. The molecular weight excluding hydrogens is 367 g/mol. The summed E-state index contributed by atoms with van der Waals surface area (Å²) in [4.78, 5) is 35.7. The van der Waals surface area contributed by atoms with Crippen LogP contribution in [0.3, 0.4) is 0 Å². The van der Waals surface area contributed by atoms with Crippen molar-refractivity contribution in [1.29, 1.82) is 0 Å². The maximum atomic E-state index is 12.8. The molecule has 2 aromatic carbocycles. The maximum absolute atomic E-state index is 12.8. The molecule has 0 saturated heterocycles. The van der Waals surface area contributed by atoms with Crippen LogP contribution in [0.5, 0.6) is 5.75 Å². The van der Waals surface area contributed by atoms with Crippen LogP contribution in [0.4, 0.5) is 4.39 Å². The Labute approximate surface area is 161 Å². The van der Waals surface area contributed by atoms with Gasteiger partial charge < -0.3 is 20.1 Å². The number of nitrogens with one attached hydrogen (secondary N) is 2. The number of hydrogen-bond acceptors (Lipinski definition) is 5. The van der Waals surface area contributed by atoms with E-state index in [1.54, 1.807) is 31.4 Å².